The molecule has 0 spiro atoms. The number of hydrogen-bond donors (Lipinski definition) is 1. The van der Waals surface area contributed by atoms with Crippen molar-refractivity contribution in [2.45, 2.75) is 46.8 Å². The van der Waals surface area contributed by atoms with E-state index in [1.54, 1.807) is 0 Å². The Balaban J connectivity index is 1.78. The molecule has 4 aromatic rings. The number of benzene rings is 3. The van der Waals surface area contributed by atoms with Crippen molar-refractivity contribution in [3.05, 3.63) is 88.9 Å². The average molecular weight is 533 g/mol. The van der Waals surface area contributed by atoms with Gasteiger partial charge in [0.25, 0.3) is 0 Å². The van der Waals surface area contributed by atoms with Crippen molar-refractivity contribution < 1.29 is 19.4 Å². The lowest BCUT2D eigenvalue weighted by molar-refractivity contribution is -0.136. The van der Waals surface area contributed by atoms with Gasteiger partial charge in [-0.15, -0.1) is 0 Å². The number of ether oxygens (including phenoxy) is 2. The van der Waals surface area contributed by atoms with E-state index in [2.05, 4.69) is 19.9 Å². The third-order valence-corrected chi connectivity index (χ3v) is 6.25. The molecule has 0 atom stereocenters. The molecule has 38 heavy (non-hydrogen) atoms. The van der Waals surface area contributed by atoms with E-state index in [1.807, 2.05) is 78.3 Å². The lowest BCUT2D eigenvalue weighted by Gasteiger charge is -2.13. The molecule has 3 aromatic carbocycles. The minimum Gasteiger partial charge on any atom is -0.493 e. The van der Waals surface area contributed by atoms with Crippen molar-refractivity contribution in [1.82, 2.24) is 9.78 Å². The predicted octanol–water partition coefficient (Wildman–Crippen LogP) is 7.52. The van der Waals surface area contributed by atoms with Crippen LogP contribution in [0, 0.1) is 5.92 Å². The van der Waals surface area contributed by atoms with Gasteiger partial charge in [-0.2, -0.15) is 5.10 Å². The Hall–Kier alpha value is -3.77. The first kappa shape index (κ1) is 27.3. The van der Waals surface area contributed by atoms with E-state index in [4.69, 9.17) is 26.2 Å². The summed E-state index contributed by atoms with van der Waals surface area (Å²) in [6.45, 7) is 7.92. The first-order valence-electron chi connectivity index (χ1n) is 12.9. The summed E-state index contributed by atoms with van der Waals surface area (Å²) in [5.41, 5.74) is 5.35. The number of aromatic nitrogens is 2. The van der Waals surface area contributed by atoms with E-state index in [0.29, 0.717) is 36.3 Å². The maximum Gasteiger partial charge on any atom is 0.303 e. The maximum atomic E-state index is 11.2. The molecule has 0 saturated heterocycles. The van der Waals surface area contributed by atoms with Crippen LogP contribution in [0.5, 0.6) is 11.5 Å². The number of aryl methyl sites for hydroxylation is 1. The second-order valence-corrected chi connectivity index (χ2v) is 10.00. The SMILES string of the molecule is CCOc1ccccc1-c1cc(-c2cc(CCC(=O)O)ccc2OCc2cccc(Cl)c2)nn1CC(C)C. The van der Waals surface area contributed by atoms with E-state index in [0.717, 1.165) is 45.9 Å². The highest BCUT2D eigenvalue weighted by molar-refractivity contribution is 6.30. The molecule has 0 bridgehead atoms. The van der Waals surface area contributed by atoms with Gasteiger partial charge < -0.3 is 14.6 Å². The van der Waals surface area contributed by atoms with Gasteiger partial charge in [0.2, 0.25) is 0 Å². The third-order valence-electron chi connectivity index (χ3n) is 6.01. The van der Waals surface area contributed by atoms with Crippen molar-refractivity contribution >= 4 is 17.6 Å². The zero-order valence-corrected chi connectivity index (χ0v) is 22.7. The highest BCUT2D eigenvalue weighted by Crippen LogP contribution is 2.37. The number of nitrogens with zero attached hydrogens (tertiary/aromatic N) is 2. The predicted molar refractivity (Wildman–Crippen MR) is 151 cm³/mol. The Morgan fingerprint density at radius 1 is 0.947 bits per heavy atom. The first-order chi connectivity index (χ1) is 18.3. The van der Waals surface area contributed by atoms with Crippen LogP contribution in [0.4, 0.5) is 0 Å². The fourth-order valence-corrected chi connectivity index (χ4v) is 4.52. The summed E-state index contributed by atoms with van der Waals surface area (Å²) < 4.78 is 14.2. The van der Waals surface area contributed by atoms with Gasteiger partial charge in [-0.25, -0.2) is 0 Å². The van der Waals surface area contributed by atoms with Gasteiger partial charge in [0, 0.05) is 29.1 Å². The van der Waals surface area contributed by atoms with E-state index >= 15 is 0 Å². The molecule has 0 amide bonds. The van der Waals surface area contributed by atoms with Gasteiger partial charge in [-0.1, -0.05) is 55.8 Å². The quantitative estimate of drug-likeness (QED) is 0.204. The summed E-state index contributed by atoms with van der Waals surface area (Å²) in [4.78, 5) is 11.2. The number of carboxylic acids is 1. The van der Waals surface area contributed by atoms with Crippen molar-refractivity contribution in [3.63, 3.8) is 0 Å². The molecule has 0 fully saturated rings. The highest BCUT2D eigenvalue weighted by Gasteiger charge is 2.19. The van der Waals surface area contributed by atoms with Gasteiger partial charge in [0.1, 0.15) is 18.1 Å². The molecule has 0 saturated carbocycles. The van der Waals surface area contributed by atoms with Crippen LogP contribution in [0.3, 0.4) is 0 Å². The Morgan fingerprint density at radius 3 is 2.47 bits per heavy atom. The van der Waals surface area contributed by atoms with E-state index in [9.17, 15) is 9.90 Å². The molecule has 1 N–H and O–H groups in total. The number of rotatable bonds is 12. The van der Waals surface area contributed by atoms with Crippen LogP contribution in [0.15, 0.2) is 72.8 Å². The van der Waals surface area contributed by atoms with E-state index in [-0.39, 0.29) is 6.42 Å². The van der Waals surface area contributed by atoms with Gasteiger partial charge in [-0.05, 0) is 72.9 Å². The number of carboxylic acid groups (broad SMARTS) is 1. The molecule has 6 nitrogen and oxygen atoms in total. The number of carbonyl (C=O) groups is 1. The van der Waals surface area contributed by atoms with Crippen LogP contribution < -0.4 is 9.47 Å². The van der Waals surface area contributed by atoms with Crippen LogP contribution in [0.2, 0.25) is 5.02 Å². The molecular formula is C31H33ClN2O4. The molecule has 0 aliphatic heterocycles. The lowest BCUT2D eigenvalue weighted by Crippen LogP contribution is -2.08. The minimum atomic E-state index is -0.830. The van der Waals surface area contributed by atoms with Gasteiger partial charge >= 0.3 is 5.97 Å². The first-order valence-corrected chi connectivity index (χ1v) is 13.2. The van der Waals surface area contributed by atoms with Gasteiger partial charge in [0.15, 0.2) is 0 Å². The summed E-state index contributed by atoms with van der Waals surface area (Å²) in [6.07, 6.45) is 0.473. The zero-order chi connectivity index (χ0) is 27.1. The van der Waals surface area contributed by atoms with Crippen LogP contribution in [-0.4, -0.2) is 27.5 Å². The molecular weight excluding hydrogens is 500 g/mol. The summed E-state index contributed by atoms with van der Waals surface area (Å²) >= 11 is 6.16. The summed E-state index contributed by atoms with van der Waals surface area (Å²) in [7, 11) is 0. The second kappa shape index (κ2) is 12.7. The molecule has 4 rings (SSSR count). The molecule has 1 aromatic heterocycles. The fraction of sp³-hybridized carbons (Fsp3) is 0.290. The van der Waals surface area contributed by atoms with Gasteiger partial charge in [0.05, 0.1) is 18.0 Å². The maximum absolute atomic E-state index is 11.2. The fourth-order valence-electron chi connectivity index (χ4n) is 4.31. The monoisotopic (exact) mass is 532 g/mol. The van der Waals surface area contributed by atoms with Crippen molar-refractivity contribution in [2.75, 3.05) is 6.61 Å². The summed E-state index contributed by atoms with van der Waals surface area (Å²) in [5, 5.41) is 14.9. The molecule has 1 heterocycles. The van der Waals surface area contributed by atoms with Gasteiger partial charge in [-0.3, -0.25) is 9.48 Å². The van der Waals surface area contributed by atoms with Crippen LogP contribution >= 0.6 is 11.6 Å². The average Bonchev–Trinajstić information content (AvgIpc) is 3.29. The topological polar surface area (TPSA) is 73.6 Å². The number of hydrogen-bond acceptors (Lipinski definition) is 4. The van der Waals surface area contributed by atoms with Crippen LogP contribution in [0.25, 0.3) is 22.5 Å². The van der Waals surface area contributed by atoms with Crippen LogP contribution in [0.1, 0.15) is 38.3 Å². The molecule has 198 valence electrons. The third kappa shape index (κ3) is 6.95. The second-order valence-electron chi connectivity index (χ2n) is 9.56. The summed E-state index contributed by atoms with van der Waals surface area (Å²) in [6, 6.07) is 23.4. The number of halogens is 1. The molecule has 7 heteroatoms. The van der Waals surface area contributed by atoms with E-state index < -0.39 is 5.97 Å². The van der Waals surface area contributed by atoms with Crippen LogP contribution in [-0.2, 0) is 24.4 Å². The van der Waals surface area contributed by atoms with Crippen molar-refractivity contribution in [3.8, 4) is 34.0 Å². The molecule has 0 radical (unpaired) electrons. The zero-order valence-electron chi connectivity index (χ0n) is 22.0. The molecule has 0 aliphatic carbocycles. The lowest BCUT2D eigenvalue weighted by atomic mass is 10.0. The smallest absolute Gasteiger partial charge is 0.303 e. The van der Waals surface area contributed by atoms with Crippen molar-refractivity contribution in [2.24, 2.45) is 5.92 Å². The largest absolute Gasteiger partial charge is 0.493 e. The Morgan fingerprint density at radius 2 is 1.74 bits per heavy atom. The normalized spacial score (nSPS) is 11.1. The number of aliphatic carboxylic acids is 1. The molecule has 0 aliphatic rings. The Labute approximate surface area is 228 Å². The Bertz CT molecular complexity index is 1400. The highest BCUT2D eigenvalue weighted by atomic mass is 35.5. The van der Waals surface area contributed by atoms with Crippen molar-refractivity contribution in [1.29, 1.82) is 0 Å². The minimum absolute atomic E-state index is 0.0525. The standard InChI is InChI=1S/C31H33ClN2O4/c1-4-37-29-11-6-5-10-25(29)28-18-27(33-34(28)19-21(2)3)26-17-22(13-15-31(35)36)12-14-30(26)38-20-23-8-7-9-24(32)16-23/h5-12,14,16-18,21H,4,13,15,19-20H2,1-3H3,(H,35,36). The molecule has 0 unspecified atom stereocenters. The number of para-hydroxylation sites is 1. The van der Waals surface area contributed by atoms with E-state index in [1.165, 1.54) is 0 Å². The Kier molecular flexibility index (Phi) is 9.08. The summed E-state index contributed by atoms with van der Waals surface area (Å²) in [5.74, 6) is 1.02.